The standard InChI is InChI=1S/C13H12BrN3O/c14-10-3-1-9(7-15)12(6-10)17-13(18)8-2-4-11(16)5-8/h1-4,6,8,11H,5,16H2,(H,17,18). The lowest BCUT2D eigenvalue weighted by Crippen LogP contribution is -2.24. The van der Waals surface area contributed by atoms with Crippen molar-refractivity contribution in [3.8, 4) is 6.07 Å². The zero-order chi connectivity index (χ0) is 13.1. The van der Waals surface area contributed by atoms with Crippen LogP contribution >= 0.6 is 15.9 Å². The molecule has 1 aliphatic rings. The van der Waals surface area contributed by atoms with Gasteiger partial charge in [-0.2, -0.15) is 5.26 Å². The van der Waals surface area contributed by atoms with Gasteiger partial charge >= 0.3 is 0 Å². The number of nitriles is 1. The van der Waals surface area contributed by atoms with Gasteiger partial charge in [0.2, 0.25) is 5.91 Å². The van der Waals surface area contributed by atoms with Crippen LogP contribution in [0.4, 0.5) is 5.69 Å². The van der Waals surface area contributed by atoms with E-state index in [2.05, 4.69) is 21.2 Å². The van der Waals surface area contributed by atoms with Gasteiger partial charge < -0.3 is 11.1 Å². The van der Waals surface area contributed by atoms with E-state index in [0.29, 0.717) is 17.7 Å². The molecule has 0 bridgehead atoms. The van der Waals surface area contributed by atoms with Crippen LogP contribution in [0.1, 0.15) is 12.0 Å². The summed E-state index contributed by atoms with van der Waals surface area (Å²) in [6, 6.07) is 7.14. The van der Waals surface area contributed by atoms with Crippen molar-refractivity contribution in [2.45, 2.75) is 12.5 Å². The van der Waals surface area contributed by atoms with E-state index in [-0.39, 0.29) is 17.9 Å². The summed E-state index contributed by atoms with van der Waals surface area (Å²) in [6.45, 7) is 0. The van der Waals surface area contributed by atoms with E-state index in [0.717, 1.165) is 4.47 Å². The number of benzene rings is 1. The maximum absolute atomic E-state index is 12.0. The average Bonchev–Trinajstić information content (AvgIpc) is 2.76. The van der Waals surface area contributed by atoms with Gasteiger partial charge in [-0.3, -0.25) is 4.79 Å². The van der Waals surface area contributed by atoms with Gasteiger partial charge in [-0.25, -0.2) is 0 Å². The molecule has 2 atom stereocenters. The number of nitrogens with one attached hydrogen (secondary N) is 1. The molecule has 4 nitrogen and oxygen atoms in total. The Bertz CT molecular complexity index is 548. The van der Waals surface area contributed by atoms with Crippen LogP contribution in [0.5, 0.6) is 0 Å². The van der Waals surface area contributed by atoms with Crippen LogP contribution in [0.25, 0.3) is 0 Å². The molecule has 0 saturated heterocycles. The Hall–Kier alpha value is -1.64. The molecule has 0 aliphatic heterocycles. The second-order valence-electron chi connectivity index (χ2n) is 4.18. The first-order chi connectivity index (χ1) is 8.60. The minimum Gasteiger partial charge on any atom is -0.324 e. The van der Waals surface area contributed by atoms with Crippen LogP contribution in [0.3, 0.4) is 0 Å². The van der Waals surface area contributed by atoms with E-state index in [4.69, 9.17) is 11.0 Å². The largest absolute Gasteiger partial charge is 0.324 e. The Kier molecular flexibility index (Phi) is 3.80. The summed E-state index contributed by atoms with van der Waals surface area (Å²) in [4.78, 5) is 12.0. The fourth-order valence-electron chi connectivity index (χ4n) is 1.86. The fraction of sp³-hybridized carbons (Fsp3) is 0.231. The second kappa shape index (κ2) is 5.34. The molecule has 0 radical (unpaired) electrons. The van der Waals surface area contributed by atoms with Gasteiger partial charge in [0.25, 0.3) is 0 Å². The summed E-state index contributed by atoms with van der Waals surface area (Å²) in [5.74, 6) is -0.348. The number of nitrogens with two attached hydrogens (primary N) is 1. The third-order valence-corrected chi connectivity index (χ3v) is 3.31. The number of carbonyl (C=O) groups excluding carboxylic acids is 1. The van der Waals surface area contributed by atoms with Crippen LogP contribution in [0.2, 0.25) is 0 Å². The molecule has 0 aromatic heterocycles. The first-order valence-corrected chi connectivity index (χ1v) is 6.34. The number of anilines is 1. The maximum Gasteiger partial charge on any atom is 0.231 e. The van der Waals surface area contributed by atoms with Crippen LogP contribution in [-0.2, 0) is 4.79 Å². The van der Waals surface area contributed by atoms with Crippen molar-refractivity contribution >= 4 is 27.5 Å². The monoisotopic (exact) mass is 305 g/mol. The van der Waals surface area contributed by atoms with Crippen LogP contribution < -0.4 is 11.1 Å². The molecule has 1 amide bonds. The van der Waals surface area contributed by atoms with Gasteiger partial charge in [0.05, 0.1) is 17.2 Å². The zero-order valence-electron chi connectivity index (χ0n) is 9.56. The van der Waals surface area contributed by atoms with E-state index >= 15 is 0 Å². The van der Waals surface area contributed by atoms with Crippen molar-refractivity contribution in [1.29, 1.82) is 5.26 Å². The van der Waals surface area contributed by atoms with Gasteiger partial charge in [-0.05, 0) is 24.6 Å². The molecule has 1 aliphatic carbocycles. The van der Waals surface area contributed by atoms with Crippen molar-refractivity contribution in [3.05, 3.63) is 40.4 Å². The molecule has 1 aromatic carbocycles. The Morgan fingerprint density at radius 3 is 2.89 bits per heavy atom. The number of rotatable bonds is 2. The van der Waals surface area contributed by atoms with Crippen molar-refractivity contribution in [1.82, 2.24) is 0 Å². The first-order valence-electron chi connectivity index (χ1n) is 5.54. The molecule has 0 fully saturated rings. The van der Waals surface area contributed by atoms with Crippen molar-refractivity contribution < 1.29 is 4.79 Å². The summed E-state index contributed by atoms with van der Waals surface area (Å²) in [5, 5.41) is 11.7. The molecule has 5 heteroatoms. The molecular weight excluding hydrogens is 294 g/mol. The Balaban J connectivity index is 2.15. The fourth-order valence-corrected chi connectivity index (χ4v) is 2.23. The van der Waals surface area contributed by atoms with Gasteiger partial charge in [0, 0.05) is 10.5 Å². The predicted octanol–water partition coefficient (Wildman–Crippen LogP) is 2.16. The molecule has 0 spiro atoms. The summed E-state index contributed by atoms with van der Waals surface area (Å²) >= 11 is 3.31. The smallest absolute Gasteiger partial charge is 0.231 e. The van der Waals surface area contributed by atoms with Crippen LogP contribution in [0, 0.1) is 17.2 Å². The zero-order valence-corrected chi connectivity index (χ0v) is 11.1. The minimum absolute atomic E-state index is 0.0568. The molecule has 3 N–H and O–H groups in total. The summed E-state index contributed by atoms with van der Waals surface area (Å²) in [6.07, 6.45) is 4.25. The van der Waals surface area contributed by atoms with Gasteiger partial charge in [-0.15, -0.1) is 0 Å². The highest BCUT2D eigenvalue weighted by Crippen LogP contribution is 2.23. The number of halogens is 1. The molecule has 1 aromatic rings. The topological polar surface area (TPSA) is 78.9 Å². The second-order valence-corrected chi connectivity index (χ2v) is 5.10. The molecule has 92 valence electrons. The SMILES string of the molecule is N#Cc1ccc(Br)cc1NC(=O)C1C=CC(N)C1. The quantitative estimate of drug-likeness (QED) is 0.822. The highest BCUT2D eigenvalue weighted by molar-refractivity contribution is 9.10. The molecular formula is C13H12BrN3O. The van der Waals surface area contributed by atoms with Gasteiger partial charge in [0.1, 0.15) is 6.07 Å². The molecule has 2 rings (SSSR count). The average molecular weight is 306 g/mol. The van der Waals surface area contributed by atoms with Crippen LogP contribution in [0.15, 0.2) is 34.8 Å². The normalized spacial score (nSPS) is 21.6. The van der Waals surface area contributed by atoms with Crippen molar-refractivity contribution in [3.63, 3.8) is 0 Å². The minimum atomic E-state index is -0.217. The predicted molar refractivity (Wildman–Crippen MR) is 72.7 cm³/mol. The molecule has 18 heavy (non-hydrogen) atoms. The molecule has 2 unspecified atom stereocenters. The number of hydrogen-bond donors (Lipinski definition) is 2. The van der Waals surface area contributed by atoms with E-state index in [1.165, 1.54) is 0 Å². The van der Waals surface area contributed by atoms with Crippen molar-refractivity contribution in [2.75, 3.05) is 5.32 Å². The van der Waals surface area contributed by atoms with E-state index < -0.39 is 0 Å². The lowest BCUT2D eigenvalue weighted by atomic mass is 10.1. The van der Waals surface area contributed by atoms with E-state index in [1.807, 2.05) is 18.2 Å². The number of hydrogen-bond acceptors (Lipinski definition) is 3. The Morgan fingerprint density at radius 1 is 1.50 bits per heavy atom. The van der Waals surface area contributed by atoms with Crippen molar-refractivity contribution in [2.24, 2.45) is 11.7 Å². The van der Waals surface area contributed by atoms with Gasteiger partial charge in [-0.1, -0.05) is 28.1 Å². The third-order valence-electron chi connectivity index (χ3n) is 2.81. The first kappa shape index (κ1) is 12.8. The van der Waals surface area contributed by atoms with Gasteiger partial charge in [0.15, 0.2) is 0 Å². The summed E-state index contributed by atoms with van der Waals surface area (Å²) in [7, 11) is 0. The highest BCUT2D eigenvalue weighted by Gasteiger charge is 2.23. The maximum atomic E-state index is 12.0. The lowest BCUT2D eigenvalue weighted by Gasteiger charge is -2.11. The summed E-state index contributed by atoms with van der Waals surface area (Å²) in [5.41, 5.74) is 6.67. The summed E-state index contributed by atoms with van der Waals surface area (Å²) < 4.78 is 0.815. The Labute approximate surface area is 114 Å². The van der Waals surface area contributed by atoms with E-state index in [1.54, 1.807) is 18.2 Å². The number of carbonyl (C=O) groups is 1. The number of nitrogens with zero attached hydrogens (tertiary/aromatic N) is 1. The number of amides is 1. The van der Waals surface area contributed by atoms with Crippen LogP contribution in [-0.4, -0.2) is 11.9 Å². The molecule has 0 saturated carbocycles. The van der Waals surface area contributed by atoms with E-state index in [9.17, 15) is 4.79 Å². The molecule has 0 heterocycles. The Morgan fingerprint density at radius 2 is 2.28 bits per heavy atom. The highest BCUT2D eigenvalue weighted by atomic mass is 79.9. The third kappa shape index (κ3) is 2.78. The lowest BCUT2D eigenvalue weighted by molar-refractivity contribution is -0.118.